The molecule has 0 spiro atoms. The number of hydrogen-bond donors (Lipinski definition) is 0. The van der Waals surface area contributed by atoms with Gasteiger partial charge in [-0.2, -0.15) is 8.78 Å². The highest BCUT2D eigenvalue weighted by atomic mass is 35.5. The first-order chi connectivity index (χ1) is 16.2. The molecule has 2 unspecified atom stereocenters. The summed E-state index contributed by atoms with van der Waals surface area (Å²) < 4.78 is 47.1. The van der Waals surface area contributed by atoms with E-state index < -0.39 is 29.9 Å². The summed E-state index contributed by atoms with van der Waals surface area (Å²) >= 11 is 12.9. The maximum Gasteiger partial charge on any atom is 0.308 e. The molecule has 0 saturated heterocycles. The Hall–Kier alpha value is -2.75. The minimum atomic E-state index is -3.33. The lowest BCUT2D eigenvalue weighted by Gasteiger charge is -2.24. The molecule has 1 aliphatic rings. The van der Waals surface area contributed by atoms with Gasteiger partial charge in [-0.25, -0.2) is 0 Å². The molecule has 0 radical (unpaired) electrons. The fraction of sp³-hybridized carbons (Fsp3) is 0.348. The number of carbonyl (C=O) groups excluding carboxylic acids is 1. The van der Waals surface area contributed by atoms with Crippen LogP contribution < -0.4 is 4.74 Å². The summed E-state index contributed by atoms with van der Waals surface area (Å²) in [5.74, 6) is -4.07. The van der Waals surface area contributed by atoms with Gasteiger partial charge in [-0.15, -0.1) is 10.2 Å². The van der Waals surface area contributed by atoms with Crippen LogP contribution in [0, 0.1) is 0 Å². The molecule has 11 heteroatoms. The van der Waals surface area contributed by atoms with Crippen molar-refractivity contribution < 1.29 is 27.8 Å². The van der Waals surface area contributed by atoms with E-state index in [9.17, 15) is 13.6 Å². The summed E-state index contributed by atoms with van der Waals surface area (Å²) in [4.78, 5) is 12.4. The summed E-state index contributed by atoms with van der Waals surface area (Å²) in [6.45, 7) is 2.54. The SMILES string of the molecule is CCOC(=O)CC1OC(c2cccc(OC)c2Cl)c2cc(Cl)ccc2-n2c1nnc2C(C)(F)F. The molecule has 0 aliphatic carbocycles. The van der Waals surface area contributed by atoms with Gasteiger partial charge in [-0.05, 0) is 31.2 Å². The van der Waals surface area contributed by atoms with E-state index in [1.807, 2.05) is 0 Å². The van der Waals surface area contributed by atoms with E-state index in [4.69, 9.17) is 37.4 Å². The molecule has 34 heavy (non-hydrogen) atoms. The largest absolute Gasteiger partial charge is 0.495 e. The summed E-state index contributed by atoms with van der Waals surface area (Å²) in [7, 11) is 1.48. The molecule has 0 saturated carbocycles. The molecule has 1 aliphatic heterocycles. The Kier molecular flexibility index (Phi) is 6.80. The topological polar surface area (TPSA) is 75.5 Å². The Balaban J connectivity index is 1.98. The van der Waals surface area contributed by atoms with Gasteiger partial charge in [0.2, 0.25) is 5.82 Å². The van der Waals surface area contributed by atoms with E-state index in [0.717, 1.165) is 6.92 Å². The number of carbonyl (C=O) groups is 1. The second-order valence-electron chi connectivity index (χ2n) is 7.69. The van der Waals surface area contributed by atoms with Crippen LogP contribution in [-0.4, -0.2) is 34.5 Å². The van der Waals surface area contributed by atoms with Gasteiger partial charge >= 0.3 is 11.9 Å². The lowest BCUT2D eigenvalue weighted by Crippen LogP contribution is -2.19. The molecule has 7 nitrogen and oxygen atoms in total. The predicted molar refractivity (Wildman–Crippen MR) is 121 cm³/mol. The van der Waals surface area contributed by atoms with Crippen LogP contribution in [0.2, 0.25) is 10.0 Å². The summed E-state index contributed by atoms with van der Waals surface area (Å²) in [6, 6.07) is 9.89. The van der Waals surface area contributed by atoms with Gasteiger partial charge in [0.25, 0.3) is 0 Å². The molecule has 180 valence electrons. The maximum absolute atomic E-state index is 14.6. The number of aromatic nitrogens is 3. The molecule has 1 aromatic heterocycles. The van der Waals surface area contributed by atoms with E-state index >= 15 is 0 Å². The highest BCUT2D eigenvalue weighted by Gasteiger charge is 2.41. The molecule has 0 amide bonds. The zero-order valence-electron chi connectivity index (χ0n) is 18.5. The van der Waals surface area contributed by atoms with Crippen LogP contribution in [-0.2, 0) is 20.2 Å². The number of methoxy groups -OCH3 is 1. The van der Waals surface area contributed by atoms with Gasteiger partial charge in [-0.3, -0.25) is 9.36 Å². The van der Waals surface area contributed by atoms with Crippen LogP contribution in [0.4, 0.5) is 8.78 Å². The Morgan fingerprint density at radius 3 is 2.65 bits per heavy atom. The maximum atomic E-state index is 14.6. The molecule has 3 aromatic rings. The lowest BCUT2D eigenvalue weighted by atomic mass is 9.99. The number of hydrogen-bond acceptors (Lipinski definition) is 6. The quantitative estimate of drug-likeness (QED) is 0.388. The average Bonchev–Trinajstić information content (AvgIpc) is 3.18. The number of ether oxygens (including phenoxy) is 3. The summed E-state index contributed by atoms with van der Waals surface area (Å²) in [5, 5.41) is 8.35. The van der Waals surface area contributed by atoms with E-state index in [1.54, 1.807) is 43.3 Å². The first-order valence-electron chi connectivity index (χ1n) is 10.4. The average molecular weight is 512 g/mol. The molecule has 2 heterocycles. The third-order valence-electron chi connectivity index (χ3n) is 5.33. The number of nitrogens with zero attached hydrogens (tertiary/aromatic N) is 3. The fourth-order valence-corrected chi connectivity index (χ4v) is 4.39. The molecule has 2 aromatic carbocycles. The van der Waals surface area contributed by atoms with Crippen molar-refractivity contribution in [2.45, 2.75) is 38.4 Å². The molecular formula is C23H21Cl2F2N3O4. The highest BCUT2D eigenvalue weighted by Crippen LogP contribution is 2.46. The highest BCUT2D eigenvalue weighted by molar-refractivity contribution is 6.33. The number of fused-ring (bicyclic) bond motifs is 3. The van der Waals surface area contributed by atoms with Crippen molar-refractivity contribution in [3.8, 4) is 11.4 Å². The first-order valence-corrected chi connectivity index (χ1v) is 11.2. The van der Waals surface area contributed by atoms with Gasteiger partial charge in [0.15, 0.2) is 5.82 Å². The van der Waals surface area contributed by atoms with Crippen molar-refractivity contribution in [2.24, 2.45) is 0 Å². The van der Waals surface area contributed by atoms with E-state index in [0.29, 0.717) is 27.6 Å². The third kappa shape index (κ3) is 4.47. The van der Waals surface area contributed by atoms with Gasteiger partial charge < -0.3 is 14.2 Å². The zero-order valence-corrected chi connectivity index (χ0v) is 20.0. The van der Waals surface area contributed by atoms with Crippen LogP contribution in [0.25, 0.3) is 5.69 Å². The number of rotatable bonds is 6. The first kappa shape index (κ1) is 24.4. The van der Waals surface area contributed by atoms with E-state index in [1.165, 1.54) is 11.7 Å². The molecular weight excluding hydrogens is 491 g/mol. The van der Waals surface area contributed by atoms with Gasteiger partial charge in [0, 0.05) is 23.1 Å². The minimum absolute atomic E-state index is 0.0367. The van der Waals surface area contributed by atoms with Crippen LogP contribution in [0.3, 0.4) is 0 Å². The standard InChI is InChI=1S/C23H21Cl2F2N3O4/c1-4-33-18(31)11-17-21-28-29-22(23(2,26)27)30(21)15-9-8-12(24)10-14(15)20(34-17)13-6-5-7-16(32-3)19(13)25/h5-10,17,20H,4,11H2,1-3H3. The second-order valence-corrected chi connectivity index (χ2v) is 8.50. The van der Waals surface area contributed by atoms with Crippen LogP contribution in [0.5, 0.6) is 5.75 Å². The van der Waals surface area contributed by atoms with Crippen LogP contribution in [0.1, 0.15) is 55.3 Å². The van der Waals surface area contributed by atoms with Crippen molar-refractivity contribution >= 4 is 29.2 Å². The fourth-order valence-electron chi connectivity index (χ4n) is 3.90. The predicted octanol–water partition coefficient (Wildman–Crippen LogP) is 5.81. The number of benzene rings is 2. The minimum Gasteiger partial charge on any atom is -0.495 e. The summed E-state index contributed by atoms with van der Waals surface area (Å²) in [5.41, 5.74) is 1.28. The van der Waals surface area contributed by atoms with E-state index in [2.05, 4.69) is 10.2 Å². The number of esters is 1. The van der Waals surface area contributed by atoms with Crippen molar-refractivity contribution in [2.75, 3.05) is 13.7 Å². The number of halogens is 4. The van der Waals surface area contributed by atoms with Crippen molar-refractivity contribution in [1.82, 2.24) is 14.8 Å². The molecule has 0 N–H and O–H groups in total. The normalized spacial score (nSPS) is 17.5. The molecule has 0 bridgehead atoms. The molecule has 0 fully saturated rings. The zero-order chi connectivity index (χ0) is 24.6. The Morgan fingerprint density at radius 2 is 1.97 bits per heavy atom. The Morgan fingerprint density at radius 1 is 1.21 bits per heavy atom. The molecule has 2 atom stereocenters. The van der Waals surface area contributed by atoms with Gasteiger partial charge in [0.1, 0.15) is 18.0 Å². The smallest absolute Gasteiger partial charge is 0.308 e. The molecule has 4 rings (SSSR count). The van der Waals surface area contributed by atoms with E-state index in [-0.39, 0.29) is 23.9 Å². The van der Waals surface area contributed by atoms with Crippen LogP contribution >= 0.6 is 23.2 Å². The van der Waals surface area contributed by atoms with Crippen LogP contribution in [0.15, 0.2) is 36.4 Å². The monoisotopic (exact) mass is 511 g/mol. The second kappa shape index (κ2) is 9.48. The van der Waals surface area contributed by atoms with Crippen molar-refractivity contribution in [3.05, 3.63) is 69.2 Å². The summed E-state index contributed by atoms with van der Waals surface area (Å²) in [6.07, 6.45) is -2.24. The van der Waals surface area contributed by atoms with Crippen molar-refractivity contribution in [3.63, 3.8) is 0 Å². The third-order valence-corrected chi connectivity index (χ3v) is 5.97. The van der Waals surface area contributed by atoms with Crippen molar-refractivity contribution in [1.29, 1.82) is 0 Å². The Labute approximate surface area is 204 Å². The van der Waals surface area contributed by atoms with Gasteiger partial charge in [0.05, 0.1) is 30.8 Å². The lowest BCUT2D eigenvalue weighted by molar-refractivity contribution is -0.147. The number of alkyl halides is 2. The van der Waals surface area contributed by atoms with Gasteiger partial charge in [-0.1, -0.05) is 35.3 Å². The Bertz CT molecular complexity index is 1230.